The molecule has 9 heavy (non-hydrogen) atoms. The zero-order chi connectivity index (χ0) is 6.69. The first kappa shape index (κ1) is 6.33. The van der Waals surface area contributed by atoms with E-state index in [0.717, 1.165) is 12.1 Å². The van der Waals surface area contributed by atoms with Gasteiger partial charge < -0.3 is 0 Å². The van der Waals surface area contributed by atoms with Gasteiger partial charge in [-0.15, -0.1) is 0 Å². The number of hydrogen-bond acceptors (Lipinski definition) is 1. The maximum Gasteiger partial charge on any atom is 0.0627 e. The summed E-state index contributed by atoms with van der Waals surface area (Å²) in [6, 6.07) is 1.99. The number of H-pyrrole nitrogens is 1. The Morgan fingerprint density at radius 3 is 2.89 bits per heavy atom. The van der Waals surface area contributed by atoms with Crippen LogP contribution < -0.4 is 0 Å². The summed E-state index contributed by atoms with van der Waals surface area (Å²) in [4.78, 5) is 0. The minimum Gasteiger partial charge on any atom is -0.285 e. The first-order valence-electron chi connectivity index (χ1n) is 3.07. The molecule has 1 radical (unpaired) electrons. The molecule has 1 heterocycles. The molecule has 0 bridgehead atoms. The Balaban J connectivity index is 2.48. The molecule has 0 saturated carbocycles. The van der Waals surface area contributed by atoms with Crippen LogP contribution in [0, 0.1) is 5.92 Å². The Bertz CT molecular complexity index is 153. The molecule has 2 heteroatoms. The first-order chi connectivity index (χ1) is 4.29. The lowest BCUT2D eigenvalue weighted by Gasteiger charge is -1.96. The van der Waals surface area contributed by atoms with Crippen LogP contribution in [0.15, 0.2) is 12.3 Å². The second-order valence-corrected chi connectivity index (χ2v) is 2.45. The van der Waals surface area contributed by atoms with Crippen LogP contribution in [0.25, 0.3) is 0 Å². The second-order valence-electron chi connectivity index (χ2n) is 2.45. The highest BCUT2D eigenvalue weighted by molar-refractivity contribution is 5.03. The quantitative estimate of drug-likeness (QED) is 0.635. The summed E-state index contributed by atoms with van der Waals surface area (Å²) < 4.78 is 0. The molecule has 0 saturated heterocycles. The third-order valence-corrected chi connectivity index (χ3v) is 1.09. The van der Waals surface area contributed by atoms with Crippen molar-refractivity contribution in [1.29, 1.82) is 0 Å². The maximum atomic E-state index is 4.01. The summed E-state index contributed by atoms with van der Waals surface area (Å²) in [6.45, 7) is 4.21. The zero-order valence-electron chi connectivity index (χ0n) is 5.81. The van der Waals surface area contributed by atoms with Crippen molar-refractivity contribution < 1.29 is 0 Å². The van der Waals surface area contributed by atoms with Gasteiger partial charge in [0.2, 0.25) is 0 Å². The van der Waals surface area contributed by atoms with E-state index in [9.17, 15) is 0 Å². The van der Waals surface area contributed by atoms with E-state index in [-0.39, 0.29) is 0 Å². The van der Waals surface area contributed by atoms with E-state index in [1.807, 2.05) is 12.3 Å². The molecule has 0 aliphatic carbocycles. The smallest absolute Gasteiger partial charge is 0.0627 e. The van der Waals surface area contributed by atoms with Crippen LogP contribution in [-0.4, -0.2) is 10.2 Å². The van der Waals surface area contributed by atoms with Crippen molar-refractivity contribution in [3.8, 4) is 0 Å². The van der Waals surface area contributed by atoms with Crippen LogP contribution in [0.5, 0.6) is 0 Å². The molecule has 0 aliphatic heterocycles. The predicted molar refractivity (Wildman–Crippen MR) is 36.9 cm³/mol. The summed E-state index contributed by atoms with van der Waals surface area (Å²) in [5.41, 5.74) is 1.12. The number of rotatable bonds is 2. The van der Waals surface area contributed by atoms with Crippen molar-refractivity contribution in [3.05, 3.63) is 23.9 Å². The van der Waals surface area contributed by atoms with E-state index in [4.69, 9.17) is 0 Å². The van der Waals surface area contributed by atoms with Crippen molar-refractivity contribution in [2.75, 3.05) is 0 Å². The molecule has 0 atom stereocenters. The van der Waals surface area contributed by atoms with Crippen molar-refractivity contribution in [1.82, 2.24) is 10.2 Å². The van der Waals surface area contributed by atoms with Crippen LogP contribution in [0.1, 0.15) is 19.5 Å². The number of aromatic nitrogens is 2. The minimum atomic E-state index is 0.990. The largest absolute Gasteiger partial charge is 0.285 e. The van der Waals surface area contributed by atoms with E-state index in [1.165, 1.54) is 5.92 Å². The fourth-order valence-corrected chi connectivity index (χ4v) is 0.752. The molecule has 0 aliphatic rings. The van der Waals surface area contributed by atoms with Crippen molar-refractivity contribution in [2.45, 2.75) is 20.3 Å². The Hall–Kier alpha value is -0.790. The molecule has 1 aromatic rings. The van der Waals surface area contributed by atoms with Gasteiger partial charge in [-0.1, -0.05) is 13.8 Å². The second kappa shape index (κ2) is 2.67. The van der Waals surface area contributed by atoms with Gasteiger partial charge >= 0.3 is 0 Å². The van der Waals surface area contributed by atoms with E-state index in [1.54, 1.807) is 0 Å². The summed E-state index contributed by atoms with van der Waals surface area (Å²) in [7, 11) is 0. The lowest BCUT2D eigenvalue weighted by atomic mass is 10.1. The average molecular weight is 123 g/mol. The molecule has 2 nitrogen and oxygen atoms in total. The SMILES string of the molecule is C[C](C)Cc1cc[nH]n1. The highest BCUT2D eigenvalue weighted by atomic mass is 15.1. The van der Waals surface area contributed by atoms with Gasteiger partial charge in [-0.3, -0.25) is 5.10 Å². The highest BCUT2D eigenvalue weighted by Crippen LogP contribution is 2.04. The van der Waals surface area contributed by atoms with Crippen molar-refractivity contribution in [3.63, 3.8) is 0 Å². The topological polar surface area (TPSA) is 28.7 Å². The third-order valence-electron chi connectivity index (χ3n) is 1.09. The standard InChI is InChI=1S/C7H11N2/c1-6(2)5-7-3-4-8-9-7/h3-4H,5H2,1-2H3,(H,8,9). The number of nitrogens with zero attached hydrogens (tertiary/aromatic N) is 1. The zero-order valence-corrected chi connectivity index (χ0v) is 5.81. The van der Waals surface area contributed by atoms with Crippen LogP contribution in [0.4, 0.5) is 0 Å². The molecule has 1 aromatic heterocycles. The lowest BCUT2D eigenvalue weighted by Crippen LogP contribution is -1.91. The average Bonchev–Trinajstić information content (AvgIpc) is 2.15. The Labute approximate surface area is 55.3 Å². The normalized spacial score (nSPS) is 10.6. The van der Waals surface area contributed by atoms with E-state index in [2.05, 4.69) is 24.0 Å². The summed E-state index contributed by atoms with van der Waals surface area (Å²) in [6.07, 6.45) is 2.84. The van der Waals surface area contributed by atoms with Gasteiger partial charge in [0, 0.05) is 6.20 Å². The number of hydrogen-bond donors (Lipinski definition) is 1. The van der Waals surface area contributed by atoms with Crippen LogP contribution >= 0.6 is 0 Å². The molecule has 49 valence electrons. The van der Waals surface area contributed by atoms with Crippen LogP contribution in [0.3, 0.4) is 0 Å². The van der Waals surface area contributed by atoms with Gasteiger partial charge in [0.05, 0.1) is 5.69 Å². The molecule has 1 N–H and O–H groups in total. The van der Waals surface area contributed by atoms with Crippen LogP contribution in [-0.2, 0) is 6.42 Å². The minimum absolute atomic E-state index is 0.990. The van der Waals surface area contributed by atoms with Crippen molar-refractivity contribution >= 4 is 0 Å². The molecule has 1 rings (SSSR count). The Morgan fingerprint density at radius 1 is 1.67 bits per heavy atom. The predicted octanol–water partition coefficient (Wildman–Crippen LogP) is 1.57. The van der Waals surface area contributed by atoms with Crippen LogP contribution in [0.2, 0.25) is 0 Å². The molecular formula is C7H11N2. The molecule has 0 unspecified atom stereocenters. The lowest BCUT2D eigenvalue weighted by molar-refractivity contribution is 0.897. The molecule has 0 aromatic carbocycles. The monoisotopic (exact) mass is 123 g/mol. The summed E-state index contributed by atoms with van der Waals surface area (Å²) in [5.74, 6) is 1.39. The maximum absolute atomic E-state index is 4.01. The number of nitrogens with one attached hydrogen (secondary N) is 1. The van der Waals surface area contributed by atoms with E-state index >= 15 is 0 Å². The van der Waals surface area contributed by atoms with E-state index < -0.39 is 0 Å². The Morgan fingerprint density at radius 2 is 2.44 bits per heavy atom. The van der Waals surface area contributed by atoms with Gasteiger partial charge in [-0.2, -0.15) is 5.10 Å². The molecule has 0 amide bonds. The van der Waals surface area contributed by atoms with Gasteiger partial charge in [0.15, 0.2) is 0 Å². The van der Waals surface area contributed by atoms with Gasteiger partial charge in [0.25, 0.3) is 0 Å². The fourth-order valence-electron chi connectivity index (χ4n) is 0.752. The number of aromatic amines is 1. The van der Waals surface area contributed by atoms with Gasteiger partial charge in [-0.25, -0.2) is 0 Å². The Kier molecular flexibility index (Phi) is 1.88. The van der Waals surface area contributed by atoms with E-state index in [0.29, 0.717) is 0 Å². The third kappa shape index (κ3) is 1.88. The van der Waals surface area contributed by atoms with Gasteiger partial charge in [0.1, 0.15) is 0 Å². The summed E-state index contributed by atoms with van der Waals surface area (Å²) in [5, 5.41) is 6.78. The highest BCUT2D eigenvalue weighted by Gasteiger charge is 1.97. The van der Waals surface area contributed by atoms with Gasteiger partial charge in [-0.05, 0) is 18.4 Å². The molecule has 0 fully saturated rings. The molecular weight excluding hydrogens is 112 g/mol. The van der Waals surface area contributed by atoms with Crippen molar-refractivity contribution in [2.24, 2.45) is 0 Å². The molecule has 0 spiro atoms. The first-order valence-corrected chi connectivity index (χ1v) is 3.07. The summed E-state index contributed by atoms with van der Waals surface area (Å²) >= 11 is 0. The fraction of sp³-hybridized carbons (Fsp3) is 0.429.